The van der Waals surface area contributed by atoms with E-state index in [1.165, 1.54) is 10.9 Å². The number of ether oxygens (including phenoxy) is 1. The molecule has 3 heterocycles. The summed E-state index contributed by atoms with van der Waals surface area (Å²) in [7, 11) is 0. The normalized spacial score (nSPS) is 13.0. The van der Waals surface area contributed by atoms with E-state index in [0.717, 1.165) is 41.0 Å². The smallest absolute Gasteiger partial charge is 0.348 e. The molecule has 5 rings (SSSR count). The molecule has 0 atom stereocenters. The number of anilines is 1. The van der Waals surface area contributed by atoms with E-state index in [1.54, 1.807) is 11.8 Å². The van der Waals surface area contributed by atoms with Gasteiger partial charge in [0, 0.05) is 18.7 Å². The number of carbonyl (C=O) groups excluding carboxylic acids is 2. The van der Waals surface area contributed by atoms with E-state index in [0.29, 0.717) is 33.6 Å². The number of hydrogen-bond donors (Lipinski definition) is 0. The van der Waals surface area contributed by atoms with Gasteiger partial charge in [-0.05, 0) is 42.5 Å². The molecule has 0 saturated heterocycles. The zero-order valence-corrected chi connectivity index (χ0v) is 20.2. The number of aromatic nitrogens is 2. The molecule has 1 aliphatic heterocycles. The summed E-state index contributed by atoms with van der Waals surface area (Å²) in [5.74, 6) is -0.623. The van der Waals surface area contributed by atoms with Gasteiger partial charge >= 0.3 is 5.97 Å². The Labute approximate surface area is 206 Å². The fraction of sp³-hybridized carbons (Fsp3) is 0.259. The van der Waals surface area contributed by atoms with Crippen LogP contribution in [0, 0.1) is 6.92 Å². The van der Waals surface area contributed by atoms with Gasteiger partial charge in [0.25, 0.3) is 5.56 Å². The fourth-order valence-electron chi connectivity index (χ4n) is 4.46. The van der Waals surface area contributed by atoms with Gasteiger partial charge in [-0.2, -0.15) is 0 Å². The van der Waals surface area contributed by atoms with Gasteiger partial charge in [0.2, 0.25) is 5.91 Å². The molecule has 0 fully saturated rings. The summed E-state index contributed by atoms with van der Waals surface area (Å²) in [6.45, 7) is 2.49. The van der Waals surface area contributed by atoms with Gasteiger partial charge in [-0.3, -0.25) is 14.2 Å². The summed E-state index contributed by atoms with van der Waals surface area (Å²) in [5.41, 5.74) is 3.33. The van der Waals surface area contributed by atoms with Gasteiger partial charge in [0.1, 0.15) is 16.3 Å². The Hall–Kier alpha value is -3.78. The summed E-state index contributed by atoms with van der Waals surface area (Å²) in [6, 6.07) is 17.6. The monoisotopic (exact) mass is 487 g/mol. The number of thiophene rings is 1. The highest BCUT2D eigenvalue weighted by atomic mass is 32.1. The first-order valence-corrected chi connectivity index (χ1v) is 12.4. The maximum absolute atomic E-state index is 13.3. The predicted octanol–water partition coefficient (Wildman–Crippen LogP) is 4.15. The summed E-state index contributed by atoms with van der Waals surface area (Å²) >= 11 is 1.14. The minimum absolute atomic E-state index is 0.109. The SMILES string of the molecule is Cc1c(C(=O)OCCc2ccccc2)sc2ncn(CC(=O)N3CCCc4ccccc43)c(=O)c12. The molecule has 4 aromatic rings. The zero-order chi connectivity index (χ0) is 24.4. The zero-order valence-electron chi connectivity index (χ0n) is 19.4. The molecule has 2 aromatic heterocycles. The second-order valence-corrected chi connectivity index (χ2v) is 9.56. The van der Waals surface area contributed by atoms with Gasteiger partial charge in [-0.25, -0.2) is 9.78 Å². The molecule has 0 aliphatic carbocycles. The van der Waals surface area contributed by atoms with Gasteiger partial charge in [-0.1, -0.05) is 48.5 Å². The molecule has 2 aromatic carbocycles. The second-order valence-electron chi connectivity index (χ2n) is 8.56. The van der Waals surface area contributed by atoms with E-state index in [1.807, 2.05) is 54.6 Å². The van der Waals surface area contributed by atoms with Crippen LogP contribution in [0.2, 0.25) is 0 Å². The van der Waals surface area contributed by atoms with Gasteiger partial charge < -0.3 is 9.64 Å². The molecular weight excluding hydrogens is 462 g/mol. The molecule has 0 bridgehead atoms. The third-order valence-electron chi connectivity index (χ3n) is 6.29. The van der Waals surface area contributed by atoms with Gasteiger partial charge in [-0.15, -0.1) is 11.3 Å². The maximum Gasteiger partial charge on any atom is 0.348 e. The average Bonchev–Trinajstić information content (AvgIpc) is 3.23. The van der Waals surface area contributed by atoms with Crippen LogP contribution in [0.3, 0.4) is 0 Å². The Morgan fingerprint density at radius 3 is 2.69 bits per heavy atom. The maximum atomic E-state index is 13.3. The van der Waals surface area contributed by atoms with Crippen molar-refractivity contribution in [2.75, 3.05) is 18.1 Å². The van der Waals surface area contributed by atoms with Crippen molar-refractivity contribution in [2.24, 2.45) is 0 Å². The molecule has 1 aliphatic rings. The summed E-state index contributed by atoms with van der Waals surface area (Å²) < 4.78 is 6.79. The van der Waals surface area contributed by atoms with Crippen molar-refractivity contribution < 1.29 is 14.3 Å². The minimum atomic E-state index is -0.464. The number of carbonyl (C=O) groups is 2. The number of esters is 1. The van der Waals surface area contributed by atoms with Crippen LogP contribution in [0.5, 0.6) is 0 Å². The number of nitrogens with zero attached hydrogens (tertiary/aromatic N) is 3. The lowest BCUT2D eigenvalue weighted by Crippen LogP contribution is -2.39. The Balaban J connectivity index is 1.34. The first-order valence-electron chi connectivity index (χ1n) is 11.6. The van der Waals surface area contributed by atoms with Crippen LogP contribution in [-0.2, 0) is 28.9 Å². The molecule has 0 spiro atoms. The second kappa shape index (κ2) is 9.84. The van der Waals surface area contributed by atoms with E-state index in [-0.39, 0.29) is 24.6 Å². The molecule has 0 unspecified atom stereocenters. The van der Waals surface area contributed by atoms with Crippen LogP contribution >= 0.6 is 11.3 Å². The lowest BCUT2D eigenvalue weighted by atomic mass is 10.0. The summed E-state index contributed by atoms with van der Waals surface area (Å²) in [6.07, 6.45) is 3.82. The van der Waals surface area contributed by atoms with Crippen molar-refractivity contribution in [3.63, 3.8) is 0 Å². The largest absolute Gasteiger partial charge is 0.461 e. The molecule has 0 radical (unpaired) electrons. The predicted molar refractivity (Wildman–Crippen MR) is 136 cm³/mol. The molecule has 1 amide bonds. The highest BCUT2D eigenvalue weighted by molar-refractivity contribution is 7.20. The Morgan fingerprint density at radius 1 is 1.09 bits per heavy atom. The average molecular weight is 488 g/mol. The number of para-hydroxylation sites is 1. The standard InChI is InChI=1S/C27H25N3O4S/c1-18-23-25(35-24(18)27(33)34-15-13-19-8-3-2-4-9-19)28-17-29(26(23)32)16-22(31)30-14-7-11-20-10-5-6-12-21(20)30/h2-6,8-10,12,17H,7,11,13-16H2,1H3. The lowest BCUT2D eigenvalue weighted by Gasteiger charge is -2.29. The Morgan fingerprint density at radius 2 is 1.86 bits per heavy atom. The Bertz CT molecular complexity index is 1460. The first-order chi connectivity index (χ1) is 17.0. The van der Waals surface area contributed by atoms with Crippen LogP contribution in [0.15, 0.2) is 65.7 Å². The number of hydrogen-bond acceptors (Lipinski definition) is 6. The van der Waals surface area contributed by atoms with Crippen molar-refractivity contribution >= 4 is 39.1 Å². The first kappa shape index (κ1) is 23.0. The topological polar surface area (TPSA) is 81.5 Å². The molecule has 0 N–H and O–H groups in total. The summed E-state index contributed by atoms with van der Waals surface area (Å²) in [4.78, 5) is 46.0. The van der Waals surface area contributed by atoms with E-state index in [2.05, 4.69) is 4.98 Å². The van der Waals surface area contributed by atoms with Crippen molar-refractivity contribution in [3.8, 4) is 0 Å². The van der Waals surface area contributed by atoms with Crippen molar-refractivity contribution in [2.45, 2.75) is 32.7 Å². The molecule has 0 saturated carbocycles. The molecule has 8 heteroatoms. The molecule has 35 heavy (non-hydrogen) atoms. The van der Waals surface area contributed by atoms with Crippen molar-refractivity contribution in [3.05, 3.63) is 92.8 Å². The van der Waals surface area contributed by atoms with E-state index in [9.17, 15) is 14.4 Å². The van der Waals surface area contributed by atoms with Crippen molar-refractivity contribution in [1.82, 2.24) is 9.55 Å². The van der Waals surface area contributed by atoms with Crippen molar-refractivity contribution in [1.29, 1.82) is 0 Å². The van der Waals surface area contributed by atoms with Gasteiger partial charge in [0.15, 0.2) is 0 Å². The van der Waals surface area contributed by atoms with Crippen LogP contribution in [0.4, 0.5) is 5.69 Å². The number of amides is 1. The quantitative estimate of drug-likeness (QED) is 0.382. The minimum Gasteiger partial charge on any atom is -0.461 e. The van der Waals surface area contributed by atoms with Crippen LogP contribution < -0.4 is 10.5 Å². The Kier molecular flexibility index (Phi) is 6.46. The van der Waals surface area contributed by atoms with E-state index >= 15 is 0 Å². The van der Waals surface area contributed by atoms with E-state index in [4.69, 9.17) is 4.74 Å². The highest BCUT2D eigenvalue weighted by Gasteiger charge is 2.24. The van der Waals surface area contributed by atoms with E-state index < -0.39 is 5.97 Å². The number of fused-ring (bicyclic) bond motifs is 2. The number of benzene rings is 2. The molecular formula is C27H25N3O4S. The molecule has 7 nitrogen and oxygen atoms in total. The van der Waals surface area contributed by atoms with Gasteiger partial charge in [0.05, 0.1) is 18.3 Å². The van der Waals surface area contributed by atoms with Crippen LogP contribution in [0.25, 0.3) is 10.2 Å². The third-order valence-corrected chi connectivity index (χ3v) is 7.47. The van der Waals surface area contributed by atoms with Crippen LogP contribution in [0.1, 0.15) is 32.8 Å². The number of aryl methyl sites for hydroxylation is 2. The van der Waals surface area contributed by atoms with Crippen LogP contribution in [-0.4, -0.2) is 34.6 Å². The highest BCUT2D eigenvalue weighted by Crippen LogP contribution is 2.29. The number of rotatable bonds is 6. The fourth-order valence-corrected chi connectivity index (χ4v) is 5.50. The lowest BCUT2D eigenvalue weighted by molar-refractivity contribution is -0.119. The third kappa shape index (κ3) is 4.61. The molecule has 178 valence electrons. The summed E-state index contributed by atoms with van der Waals surface area (Å²) in [5, 5.41) is 0.361.